The van der Waals surface area contributed by atoms with E-state index in [1.54, 1.807) is 0 Å². The Labute approximate surface area is 168 Å². The van der Waals surface area contributed by atoms with Gasteiger partial charge < -0.3 is 19.7 Å². The number of nitrogens with zero attached hydrogens (tertiary/aromatic N) is 1. The zero-order valence-electron chi connectivity index (χ0n) is 16.3. The van der Waals surface area contributed by atoms with Crippen LogP contribution in [0.15, 0.2) is 39.6 Å². The fourth-order valence-corrected chi connectivity index (χ4v) is 4.19. The van der Waals surface area contributed by atoms with Gasteiger partial charge in [-0.25, -0.2) is 4.79 Å². The summed E-state index contributed by atoms with van der Waals surface area (Å²) in [7, 11) is 0. The Kier molecular flexibility index (Phi) is 4.57. The summed E-state index contributed by atoms with van der Waals surface area (Å²) in [5.41, 5.74) is 0.734. The average molecular weight is 405 g/mol. The van der Waals surface area contributed by atoms with Crippen LogP contribution >= 0.6 is 11.6 Å². The van der Waals surface area contributed by atoms with Crippen molar-refractivity contribution in [3.8, 4) is 0 Å². The van der Waals surface area contributed by atoms with Crippen molar-refractivity contribution in [3.05, 3.63) is 56.3 Å². The van der Waals surface area contributed by atoms with Crippen molar-refractivity contribution < 1.29 is 14.6 Å². The van der Waals surface area contributed by atoms with E-state index >= 15 is 0 Å². The Balaban J connectivity index is 1.80. The van der Waals surface area contributed by atoms with E-state index in [-0.39, 0.29) is 23.1 Å². The number of ether oxygens (including phenoxy) is 1. The normalized spacial score (nSPS) is 26.3. The second-order valence-corrected chi connectivity index (χ2v) is 8.95. The number of nitrogens with one attached hydrogen (secondary N) is 1. The van der Waals surface area contributed by atoms with Gasteiger partial charge in [-0.05, 0) is 49.7 Å². The van der Waals surface area contributed by atoms with Crippen molar-refractivity contribution >= 4 is 17.6 Å². The van der Waals surface area contributed by atoms with Gasteiger partial charge in [-0.2, -0.15) is 0 Å². The third kappa shape index (κ3) is 3.13. The van der Waals surface area contributed by atoms with E-state index in [9.17, 15) is 14.7 Å². The number of aromatic nitrogens is 1. The van der Waals surface area contributed by atoms with Gasteiger partial charge in [-0.15, -0.1) is 0 Å². The van der Waals surface area contributed by atoms with Gasteiger partial charge >= 0.3 is 5.97 Å². The minimum absolute atomic E-state index is 0.214. The number of carboxylic acids is 1. The van der Waals surface area contributed by atoms with Crippen LogP contribution in [0, 0.1) is 11.8 Å². The number of aromatic carboxylic acids is 1. The molecule has 0 spiro atoms. The minimum atomic E-state index is -1.21. The molecule has 1 fully saturated rings. The number of rotatable bonds is 5. The molecule has 1 saturated carbocycles. The van der Waals surface area contributed by atoms with E-state index in [1.807, 2.05) is 10.6 Å². The standard InChI is InChI=1S/C21H25ClN2O4/c1-11(2)21(3)8-13-6-17(28-10-12-4-5-12)19(22)23-18(13)15-7-16(25)14(20(26)27)9-24(15)21/h6-7,9,11-12,18,23H,4-5,8,10H2,1-3H3,(H,26,27). The summed E-state index contributed by atoms with van der Waals surface area (Å²) in [6.07, 6.45) is 6.58. The summed E-state index contributed by atoms with van der Waals surface area (Å²) in [4.78, 5) is 23.9. The number of dihydropyridines is 1. The molecule has 1 aliphatic carbocycles. The van der Waals surface area contributed by atoms with Crippen molar-refractivity contribution in [2.75, 3.05) is 6.61 Å². The Hall–Kier alpha value is -2.21. The largest absolute Gasteiger partial charge is 0.490 e. The number of carbonyl (C=O) groups is 1. The predicted molar refractivity (Wildman–Crippen MR) is 106 cm³/mol. The molecule has 3 heterocycles. The van der Waals surface area contributed by atoms with E-state index in [4.69, 9.17) is 16.3 Å². The van der Waals surface area contributed by atoms with Crippen LogP contribution in [0.4, 0.5) is 0 Å². The van der Waals surface area contributed by atoms with Gasteiger partial charge in [0, 0.05) is 23.5 Å². The molecular weight excluding hydrogens is 380 g/mol. The van der Waals surface area contributed by atoms with E-state index in [1.165, 1.54) is 25.1 Å². The van der Waals surface area contributed by atoms with Crippen LogP contribution in [0.3, 0.4) is 0 Å². The second kappa shape index (κ2) is 6.69. The number of hydrogen-bond acceptors (Lipinski definition) is 4. The monoisotopic (exact) mass is 404 g/mol. The molecule has 0 radical (unpaired) electrons. The van der Waals surface area contributed by atoms with Crippen LogP contribution < -0.4 is 10.7 Å². The van der Waals surface area contributed by atoms with Gasteiger partial charge in [0.2, 0.25) is 0 Å². The summed E-state index contributed by atoms with van der Waals surface area (Å²) in [5.74, 6) is 0.269. The Morgan fingerprint density at radius 1 is 1.46 bits per heavy atom. The Morgan fingerprint density at radius 2 is 2.18 bits per heavy atom. The summed E-state index contributed by atoms with van der Waals surface area (Å²) in [6.45, 7) is 6.97. The molecule has 0 aromatic carbocycles. The van der Waals surface area contributed by atoms with Gasteiger partial charge in [0.1, 0.15) is 10.7 Å². The van der Waals surface area contributed by atoms with Crippen molar-refractivity contribution in [1.82, 2.24) is 9.88 Å². The lowest BCUT2D eigenvalue weighted by molar-refractivity contribution is 0.0692. The SMILES string of the molecule is CC(C)C1(C)CC2=CC(OCC3CC3)=C(Cl)NC2c2cc(=O)c(C(=O)O)cn21. The van der Waals surface area contributed by atoms with Gasteiger partial charge in [-0.3, -0.25) is 4.79 Å². The highest BCUT2D eigenvalue weighted by atomic mass is 35.5. The van der Waals surface area contributed by atoms with Gasteiger partial charge in [0.15, 0.2) is 11.2 Å². The topological polar surface area (TPSA) is 80.6 Å². The average Bonchev–Trinajstić information content (AvgIpc) is 3.44. The zero-order valence-corrected chi connectivity index (χ0v) is 17.0. The van der Waals surface area contributed by atoms with Gasteiger partial charge in [0.25, 0.3) is 0 Å². The molecule has 2 N–H and O–H groups in total. The molecule has 0 amide bonds. The molecule has 0 saturated heterocycles. The third-order valence-corrected chi connectivity index (χ3v) is 6.60. The summed E-state index contributed by atoms with van der Waals surface area (Å²) in [5, 5.41) is 13.1. The maximum Gasteiger partial charge on any atom is 0.341 e. The number of pyridine rings is 1. The molecule has 1 aromatic heterocycles. The first-order valence-electron chi connectivity index (χ1n) is 9.70. The number of halogens is 1. The first-order chi connectivity index (χ1) is 13.2. The van der Waals surface area contributed by atoms with Crippen LogP contribution in [0.2, 0.25) is 0 Å². The molecule has 0 bridgehead atoms. The van der Waals surface area contributed by atoms with Crippen molar-refractivity contribution in [1.29, 1.82) is 0 Å². The molecule has 150 valence electrons. The van der Waals surface area contributed by atoms with E-state index < -0.39 is 11.4 Å². The Bertz CT molecular complexity index is 958. The highest BCUT2D eigenvalue weighted by Crippen LogP contribution is 2.46. The third-order valence-electron chi connectivity index (χ3n) is 6.31. The van der Waals surface area contributed by atoms with Crippen LogP contribution in [0.25, 0.3) is 0 Å². The summed E-state index contributed by atoms with van der Waals surface area (Å²) >= 11 is 6.45. The van der Waals surface area contributed by atoms with Crippen LogP contribution in [-0.4, -0.2) is 22.2 Å². The number of carboxylic acid groups (broad SMARTS) is 1. The molecule has 7 heteroatoms. The van der Waals surface area contributed by atoms with Crippen LogP contribution in [0.1, 0.15) is 62.1 Å². The number of allylic oxidation sites excluding steroid dienone is 1. The first-order valence-corrected chi connectivity index (χ1v) is 10.1. The molecule has 2 aliphatic heterocycles. The second-order valence-electron chi connectivity index (χ2n) is 8.57. The molecule has 6 nitrogen and oxygen atoms in total. The summed E-state index contributed by atoms with van der Waals surface area (Å²) < 4.78 is 7.86. The smallest absolute Gasteiger partial charge is 0.341 e. The highest BCUT2D eigenvalue weighted by Gasteiger charge is 2.42. The molecule has 4 rings (SSSR count). The lowest BCUT2D eigenvalue weighted by atomic mass is 9.75. The quantitative estimate of drug-likeness (QED) is 0.731. The molecular formula is C21H25ClN2O4. The van der Waals surface area contributed by atoms with Gasteiger partial charge in [-0.1, -0.05) is 25.4 Å². The van der Waals surface area contributed by atoms with Crippen molar-refractivity contribution in [2.45, 2.75) is 51.6 Å². The maximum absolute atomic E-state index is 12.4. The van der Waals surface area contributed by atoms with Crippen molar-refractivity contribution in [3.63, 3.8) is 0 Å². The number of fused-ring (bicyclic) bond motifs is 3. The highest BCUT2D eigenvalue weighted by molar-refractivity contribution is 6.29. The van der Waals surface area contributed by atoms with Crippen molar-refractivity contribution in [2.24, 2.45) is 11.8 Å². The zero-order chi connectivity index (χ0) is 20.2. The van der Waals surface area contributed by atoms with Crippen LogP contribution in [0.5, 0.6) is 0 Å². The molecule has 2 atom stereocenters. The van der Waals surface area contributed by atoms with E-state index in [0.717, 1.165) is 11.3 Å². The predicted octanol–water partition coefficient (Wildman–Crippen LogP) is 3.73. The molecule has 2 unspecified atom stereocenters. The van der Waals surface area contributed by atoms with E-state index in [2.05, 4.69) is 26.1 Å². The lowest BCUT2D eigenvalue weighted by Gasteiger charge is -2.47. The molecule has 1 aromatic rings. The molecule has 28 heavy (non-hydrogen) atoms. The lowest BCUT2D eigenvalue weighted by Crippen LogP contribution is -2.47. The molecule has 3 aliphatic rings. The number of hydrogen-bond donors (Lipinski definition) is 2. The summed E-state index contributed by atoms with van der Waals surface area (Å²) in [6, 6.07) is 1.15. The fourth-order valence-electron chi connectivity index (χ4n) is 3.97. The maximum atomic E-state index is 12.4. The minimum Gasteiger partial charge on any atom is -0.490 e. The van der Waals surface area contributed by atoms with E-state index in [0.29, 0.717) is 29.9 Å². The fraction of sp³-hybridized carbons (Fsp3) is 0.524. The Morgan fingerprint density at radius 3 is 2.79 bits per heavy atom. The van der Waals surface area contributed by atoms with Gasteiger partial charge in [0.05, 0.1) is 12.6 Å². The first kappa shape index (κ1) is 19.1. The van der Waals surface area contributed by atoms with Crippen LogP contribution in [-0.2, 0) is 10.3 Å².